The number of hydrogen-bond donors (Lipinski definition) is 2. The van der Waals surface area contributed by atoms with Gasteiger partial charge in [0.05, 0.1) is 0 Å². The smallest absolute Gasteiger partial charge is 0.339 e. The van der Waals surface area contributed by atoms with E-state index in [1.165, 1.54) is 0 Å². The van der Waals surface area contributed by atoms with Gasteiger partial charge in [0.15, 0.2) is 0 Å². The second-order valence-corrected chi connectivity index (χ2v) is 4.41. The number of pyridine rings is 1. The maximum atomic E-state index is 10.9. The number of rotatable bonds is 5. The second kappa shape index (κ2) is 5.60. The van der Waals surface area contributed by atoms with E-state index in [1.807, 2.05) is 6.26 Å². The van der Waals surface area contributed by atoms with Crippen molar-refractivity contribution >= 4 is 23.5 Å². The topological polar surface area (TPSA) is 62.2 Å². The molecule has 1 rings (SSSR count). The highest BCUT2D eigenvalue weighted by molar-refractivity contribution is 7.99. The van der Waals surface area contributed by atoms with Gasteiger partial charge in [0, 0.05) is 18.0 Å². The van der Waals surface area contributed by atoms with Gasteiger partial charge in [0.25, 0.3) is 0 Å². The quantitative estimate of drug-likeness (QED) is 0.803. The zero-order chi connectivity index (χ0) is 11.3. The highest BCUT2D eigenvalue weighted by Gasteiger charge is 2.10. The summed E-state index contributed by atoms with van der Waals surface area (Å²) in [7, 11) is 0. The van der Waals surface area contributed by atoms with Gasteiger partial charge in [-0.15, -0.1) is 0 Å². The fourth-order valence-electron chi connectivity index (χ4n) is 1.04. The van der Waals surface area contributed by atoms with Crippen LogP contribution in [0.5, 0.6) is 0 Å². The maximum Gasteiger partial charge on any atom is 0.339 e. The first-order valence-electron chi connectivity index (χ1n) is 4.60. The zero-order valence-corrected chi connectivity index (χ0v) is 9.54. The van der Waals surface area contributed by atoms with Crippen LogP contribution in [0.3, 0.4) is 0 Å². The molecule has 1 unspecified atom stereocenters. The molecular weight excluding hydrogens is 212 g/mol. The van der Waals surface area contributed by atoms with Gasteiger partial charge in [-0.2, -0.15) is 11.8 Å². The van der Waals surface area contributed by atoms with Crippen LogP contribution in [0.2, 0.25) is 0 Å². The van der Waals surface area contributed by atoms with E-state index in [0.29, 0.717) is 17.6 Å². The summed E-state index contributed by atoms with van der Waals surface area (Å²) in [6.07, 6.45) is 3.60. The van der Waals surface area contributed by atoms with E-state index in [4.69, 9.17) is 5.11 Å². The first-order valence-corrected chi connectivity index (χ1v) is 5.89. The van der Waals surface area contributed by atoms with Crippen LogP contribution in [0.15, 0.2) is 18.3 Å². The average molecular weight is 226 g/mol. The summed E-state index contributed by atoms with van der Waals surface area (Å²) in [5.41, 5.74) is 0.214. The van der Waals surface area contributed by atoms with Crippen molar-refractivity contribution in [3.63, 3.8) is 0 Å². The number of thioether (sulfide) groups is 1. The minimum atomic E-state index is -0.956. The molecule has 1 aromatic rings. The van der Waals surface area contributed by atoms with Crippen molar-refractivity contribution in [1.29, 1.82) is 0 Å². The Hall–Kier alpha value is -1.23. The van der Waals surface area contributed by atoms with Gasteiger partial charge in [-0.3, -0.25) is 0 Å². The lowest BCUT2D eigenvalue weighted by Gasteiger charge is -2.11. The molecule has 0 aromatic carbocycles. The Morgan fingerprint density at radius 3 is 3.07 bits per heavy atom. The Balaban J connectivity index is 2.72. The van der Waals surface area contributed by atoms with Crippen molar-refractivity contribution < 1.29 is 9.90 Å². The van der Waals surface area contributed by atoms with Crippen molar-refractivity contribution in [2.75, 3.05) is 18.1 Å². The van der Waals surface area contributed by atoms with Gasteiger partial charge in [-0.25, -0.2) is 9.78 Å². The molecule has 0 aliphatic rings. The van der Waals surface area contributed by atoms with Gasteiger partial charge >= 0.3 is 5.97 Å². The van der Waals surface area contributed by atoms with Crippen LogP contribution in [0.4, 0.5) is 5.82 Å². The molecule has 5 heteroatoms. The highest BCUT2D eigenvalue weighted by atomic mass is 32.2. The molecule has 0 saturated carbocycles. The summed E-state index contributed by atoms with van der Waals surface area (Å²) >= 11 is 1.72. The average Bonchev–Trinajstić information content (AvgIpc) is 2.26. The van der Waals surface area contributed by atoms with E-state index in [-0.39, 0.29) is 5.56 Å². The van der Waals surface area contributed by atoms with Crippen LogP contribution in [-0.2, 0) is 0 Å². The van der Waals surface area contributed by atoms with Crippen molar-refractivity contribution in [3.05, 3.63) is 23.9 Å². The third-order valence-corrected chi connectivity index (χ3v) is 2.97. The van der Waals surface area contributed by atoms with Crippen LogP contribution in [0.1, 0.15) is 17.3 Å². The van der Waals surface area contributed by atoms with Gasteiger partial charge in [0.2, 0.25) is 0 Å². The first-order chi connectivity index (χ1) is 7.15. The molecule has 0 fully saturated rings. The van der Waals surface area contributed by atoms with E-state index < -0.39 is 5.97 Å². The van der Waals surface area contributed by atoms with Gasteiger partial charge in [-0.05, 0) is 18.4 Å². The number of carboxylic acid groups (broad SMARTS) is 1. The molecule has 0 spiro atoms. The van der Waals surface area contributed by atoms with Gasteiger partial charge < -0.3 is 10.4 Å². The van der Waals surface area contributed by atoms with Gasteiger partial charge in [0.1, 0.15) is 11.4 Å². The zero-order valence-electron chi connectivity index (χ0n) is 8.73. The van der Waals surface area contributed by atoms with Crippen LogP contribution in [0, 0.1) is 0 Å². The summed E-state index contributed by atoms with van der Waals surface area (Å²) in [6.45, 7) is 2.78. The van der Waals surface area contributed by atoms with E-state index >= 15 is 0 Å². The van der Waals surface area contributed by atoms with E-state index in [1.54, 1.807) is 30.1 Å². The van der Waals surface area contributed by atoms with Crippen LogP contribution >= 0.6 is 11.8 Å². The standard InChI is InChI=1S/C10H14N2O2S/c1-7(15-2)6-12-9-8(10(13)14)4-3-5-11-9/h3-5,7H,6H2,1-2H3,(H,11,12)(H,13,14). The largest absolute Gasteiger partial charge is 0.478 e. The minimum Gasteiger partial charge on any atom is -0.478 e. The third-order valence-electron chi connectivity index (χ3n) is 2.00. The Morgan fingerprint density at radius 2 is 2.47 bits per heavy atom. The fourth-order valence-corrected chi connectivity index (χ4v) is 1.29. The summed E-state index contributed by atoms with van der Waals surface area (Å²) < 4.78 is 0. The van der Waals surface area contributed by atoms with Gasteiger partial charge in [-0.1, -0.05) is 6.92 Å². The molecule has 0 amide bonds. The number of nitrogens with one attached hydrogen (secondary N) is 1. The van der Waals surface area contributed by atoms with Crippen LogP contribution in [0.25, 0.3) is 0 Å². The lowest BCUT2D eigenvalue weighted by molar-refractivity contribution is 0.0697. The fraction of sp³-hybridized carbons (Fsp3) is 0.400. The molecule has 15 heavy (non-hydrogen) atoms. The van der Waals surface area contributed by atoms with Crippen molar-refractivity contribution in [2.45, 2.75) is 12.2 Å². The molecule has 0 aliphatic carbocycles. The molecule has 1 heterocycles. The third kappa shape index (κ3) is 3.43. The van der Waals surface area contributed by atoms with E-state index in [0.717, 1.165) is 0 Å². The molecule has 82 valence electrons. The first kappa shape index (κ1) is 11.8. The molecule has 0 saturated heterocycles. The molecule has 2 N–H and O–H groups in total. The monoisotopic (exact) mass is 226 g/mol. The molecule has 0 bridgehead atoms. The lowest BCUT2D eigenvalue weighted by Crippen LogP contribution is -2.16. The number of hydrogen-bond acceptors (Lipinski definition) is 4. The van der Waals surface area contributed by atoms with Crippen molar-refractivity contribution in [2.24, 2.45) is 0 Å². The Bertz CT molecular complexity index is 344. The molecule has 1 aromatic heterocycles. The van der Waals surface area contributed by atoms with Crippen LogP contribution in [-0.4, -0.2) is 34.1 Å². The number of aromatic carboxylic acids is 1. The predicted octanol–water partition coefficient (Wildman–Crippen LogP) is 1.94. The molecular formula is C10H14N2O2S. The summed E-state index contributed by atoms with van der Waals surface area (Å²) in [4.78, 5) is 14.9. The lowest BCUT2D eigenvalue weighted by atomic mass is 10.2. The SMILES string of the molecule is CSC(C)CNc1ncccc1C(=O)O. The molecule has 0 radical (unpaired) electrons. The highest BCUT2D eigenvalue weighted by Crippen LogP contribution is 2.13. The van der Waals surface area contributed by atoms with E-state index in [9.17, 15) is 4.79 Å². The number of aromatic nitrogens is 1. The Labute approximate surface area is 93.1 Å². The number of anilines is 1. The number of nitrogens with zero attached hydrogens (tertiary/aromatic N) is 1. The van der Waals surface area contributed by atoms with Crippen molar-refractivity contribution in [3.8, 4) is 0 Å². The summed E-state index contributed by atoms with van der Waals surface area (Å²) in [5, 5.41) is 12.4. The minimum absolute atomic E-state index is 0.214. The number of carboxylic acids is 1. The van der Waals surface area contributed by atoms with Crippen LogP contribution < -0.4 is 5.32 Å². The maximum absolute atomic E-state index is 10.9. The van der Waals surface area contributed by atoms with Crippen molar-refractivity contribution in [1.82, 2.24) is 4.98 Å². The molecule has 4 nitrogen and oxygen atoms in total. The molecule has 0 aliphatic heterocycles. The summed E-state index contributed by atoms with van der Waals surface area (Å²) in [6, 6.07) is 3.16. The van der Waals surface area contributed by atoms with E-state index in [2.05, 4.69) is 17.2 Å². The Kier molecular flexibility index (Phi) is 4.42. The Morgan fingerprint density at radius 1 is 1.73 bits per heavy atom. The number of carbonyl (C=O) groups is 1. The summed E-state index contributed by atoms with van der Waals surface area (Å²) in [5.74, 6) is -0.520. The predicted molar refractivity (Wildman–Crippen MR) is 62.7 cm³/mol. The normalized spacial score (nSPS) is 12.1. The molecule has 1 atom stereocenters. The second-order valence-electron chi connectivity index (χ2n) is 3.13.